The van der Waals surface area contributed by atoms with Gasteiger partial charge < -0.3 is 15.6 Å². The van der Waals surface area contributed by atoms with E-state index in [-0.39, 0.29) is 25.2 Å². The zero-order chi connectivity index (χ0) is 26.0. The molecule has 3 rings (SSSR count). The van der Waals surface area contributed by atoms with E-state index in [0.717, 1.165) is 15.8 Å². The minimum atomic E-state index is -5.08. The summed E-state index contributed by atoms with van der Waals surface area (Å²) in [5.41, 5.74) is 6.42. The lowest BCUT2D eigenvalue weighted by atomic mass is 10.2. The first-order chi connectivity index (χ1) is 16.5. The Bertz CT molecular complexity index is 1190. The predicted octanol–water partition coefficient (Wildman–Crippen LogP) is 3.41. The number of carboxylic acid groups (broad SMARTS) is 1. The highest BCUT2D eigenvalue weighted by molar-refractivity contribution is 5.73. The Hall–Kier alpha value is -4.00. The molecule has 0 fully saturated rings. The summed E-state index contributed by atoms with van der Waals surface area (Å²) in [5, 5.41) is 11.0. The van der Waals surface area contributed by atoms with Crippen LogP contribution in [-0.4, -0.2) is 38.1 Å². The number of hydrogen-bond acceptors (Lipinski definition) is 5. The van der Waals surface area contributed by atoms with E-state index >= 15 is 0 Å². The molecule has 0 bridgehead atoms. The molecular formula is C22H21F5N4O4. The number of rotatable bonds is 8. The number of aliphatic carboxylic acids is 1. The molecule has 0 unspecified atom stereocenters. The average molecular weight is 500 g/mol. The number of carboxylic acids is 1. The molecule has 0 aliphatic heterocycles. The number of benzene rings is 2. The highest BCUT2D eigenvalue weighted by Gasteiger charge is 2.38. The first-order valence-corrected chi connectivity index (χ1v) is 9.92. The van der Waals surface area contributed by atoms with Gasteiger partial charge in [-0.15, -0.1) is 0 Å². The van der Waals surface area contributed by atoms with Crippen LogP contribution >= 0.6 is 0 Å². The van der Waals surface area contributed by atoms with Crippen LogP contribution < -0.4 is 16.2 Å². The Kier molecular flexibility index (Phi) is 9.70. The fourth-order valence-corrected chi connectivity index (χ4v) is 2.60. The van der Waals surface area contributed by atoms with Crippen molar-refractivity contribution in [1.29, 1.82) is 0 Å². The molecule has 35 heavy (non-hydrogen) atoms. The van der Waals surface area contributed by atoms with Gasteiger partial charge in [-0.2, -0.15) is 27.1 Å². The molecule has 0 amide bonds. The number of hydrogen-bond donors (Lipinski definition) is 2. The lowest BCUT2D eigenvalue weighted by molar-refractivity contribution is -0.192. The van der Waals surface area contributed by atoms with Crippen LogP contribution in [0.2, 0.25) is 0 Å². The number of aromatic nitrogens is 3. The molecule has 0 saturated heterocycles. The topological polar surface area (TPSA) is 112 Å². The highest BCUT2D eigenvalue weighted by Crippen LogP contribution is 2.15. The maximum Gasteiger partial charge on any atom is 0.490 e. The van der Waals surface area contributed by atoms with Gasteiger partial charge in [-0.3, -0.25) is 4.57 Å². The van der Waals surface area contributed by atoms with Gasteiger partial charge in [-0.05, 0) is 23.3 Å². The Balaban J connectivity index is 0.000000540. The minimum absolute atomic E-state index is 0.275. The molecule has 0 aliphatic carbocycles. The van der Waals surface area contributed by atoms with E-state index < -0.39 is 23.9 Å². The molecule has 0 saturated carbocycles. The molecule has 0 aliphatic rings. The normalized spacial score (nSPS) is 10.8. The summed E-state index contributed by atoms with van der Waals surface area (Å²) < 4.78 is 65.2. The molecule has 3 aromatic rings. The van der Waals surface area contributed by atoms with E-state index in [0.29, 0.717) is 12.4 Å². The Morgan fingerprint density at radius 1 is 1.03 bits per heavy atom. The molecule has 3 N–H and O–H groups in total. The average Bonchev–Trinajstić information content (AvgIpc) is 3.16. The van der Waals surface area contributed by atoms with Gasteiger partial charge in [-0.25, -0.2) is 14.3 Å². The molecule has 0 spiro atoms. The van der Waals surface area contributed by atoms with Crippen LogP contribution in [0.4, 0.5) is 22.0 Å². The number of carbonyl (C=O) groups is 1. The number of ether oxygens (including phenoxy) is 1. The van der Waals surface area contributed by atoms with E-state index in [9.17, 15) is 26.7 Å². The van der Waals surface area contributed by atoms with E-state index in [4.69, 9.17) is 20.4 Å². The summed E-state index contributed by atoms with van der Waals surface area (Å²) in [6.45, 7) is 0.0924. The van der Waals surface area contributed by atoms with Crippen molar-refractivity contribution < 1.29 is 36.6 Å². The van der Waals surface area contributed by atoms with Crippen LogP contribution in [0.3, 0.4) is 0 Å². The van der Waals surface area contributed by atoms with Gasteiger partial charge in [0.25, 0.3) is 6.08 Å². The summed E-state index contributed by atoms with van der Waals surface area (Å²) in [7, 11) is 0. The third kappa shape index (κ3) is 8.70. The molecule has 8 nitrogen and oxygen atoms in total. The van der Waals surface area contributed by atoms with Crippen LogP contribution in [0.5, 0.6) is 5.75 Å². The number of halogens is 5. The molecule has 0 radical (unpaired) electrons. The summed E-state index contributed by atoms with van der Waals surface area (Å²) in [6.07, 6.45) is -5.64. The van der Waals surface area contributed by atoms with Gasteiger partial charge >= 0.3 is 17.8 Å². The summed E-state index contributed by atoms with van der Waals surface area (Å²) in [5.74, 6) is -2.04. The maximum atomic E-state index is 12.7. The van der Waals surface area contributed by atoms with Crippen LogP contribution in [-0.2, 0) is 24.5 Å². The fraction of sp³-hybridized carbons (Fsp3) is 0.227. The van der Waals surface area contributed by atoms with Crippen LogP contribution in [0.1, 0.15) is 11.1 Å². The van der Waals surface area contributed by atoms with Crippen LogP contribution in [0.15, 0.2) is 77.4 Å². The second-order valence-electron chi connectivity index (χ2n) is 6.99. The molecule has 13 heteroatoms. The quantitative estimate of drug-likeness (QED) is 0.459. The standard InChI is InChI=1S/C20H20F2N4O2.C2HF3O2/c21-19(22)17(10-23)12-26-20(27)25(14-24-26)11-15-6-8-18(9-7-15)28-13-16-4-2-1-3-5-16;3-2(4,5)1(6)7/h1-9,14H,10-13,23H2;(H,6,7). The fourth-order valence-electron chi connectivity index (χ4n) is 2.60. The molecule has 1 aromatic heterocycles. The van der Waals surface area contributed by atoms with Crippen molar-refractivity contribution in [2.75, 3.05) is 6.54 Å². The van der Waals surface area contributed by atoms with Gasteiger partial charge in [0, 0.05) is 12.1 Å². The smallest absolute Gasteiger partial charge is 0.489 e. The van der Waals surface area contributed by atoms with Gasteiger partial charge in [0.05, 0.1) is 13.1 Å². The SMILES string of the molecule is NCC(Cn1ncn(Cc2ccc(OCc3ccccc3)cc2)c1=O)=C(F)F.O=C(O)C(F)(F)F. The van der Waals surface area contributed by atoms with Crippen molar-refractivity contribution in [3.05, 3.63) is 94.2 Å². The van der Waals surface area contributed by atoms with E-state index in [1.165, 1.54) is 10.9 Å². The number of nitrogens with two attached hydrogens (primary N) is 1. The summed E-state index contributed by atoms with van der Waals surface area (Å²) in [6, 6.07) is 17.2. The maximum absolute atomic E-state index is 12.7. The Morgan fingerprint density at radius 3 is 2.14 bits per heavy atom. The van der Waals surface area contributed by atoms with Crippen molar-refractivity contribution in [2.24, 2.45) is 5.73 Å². The molecule has 2 aromatic carbocycles. The Morgan fingerprint density at radius 2 is 1.63 bits per heavy atom. The van der Waals surface area contributed by atoms with E-state index in [1.807, 2.05) is 54.6 Å². The van der Waals surface area contributed by atoms with Gasteiger partial charge in [0.15, 0.2) is 0 Å². The zero-order valence-corrected chi connectivity index (χ0v) is 18.1. The molecule has 0 atom stereocenters. The van der Waals surface area contributed by atoms with E-state index in [1.54, 1.807) is 0 Å². The van der Waals surface area contributed by atoms with Gasteiger partial charge in [0.2, 0.25) is 0 Å². The van der Waals surface area contributed by atoms with Crippen molar-refractivity contribution >= 4 is 5.97 Å². The van der Waals surface area contributed by atoms with Crippen LogP contribution in [0, 0.1) is 0 Å². The van der Waals surface area contributed by atoms with Gasteiger partial charge in [0.1, 0.15) is 18.7 Å². The first kappa shape index (κ1) is 27.2. The summed E-state index contributed by atoms with van der Waals surface area (Å²) >= 11 is 0. The molecule has 1 heterocycles. The lowest BCUT2D eigenvalue weighted by Crippen LogP contribution is -2.27. The third-order valence-electron chi connectivity index (χ3n) is 4.42. The van der Waals surface area contributed by atoms with Crippen molar-refractivity contribution in [1.82, 2.24) is 14.3 Å². The van der Waals surface area contributed by atoms with E-state index in [2.05, 4.69) is 5.10 Å². The largest absolute Gasteiger partial charge is 0.490 e. The van der Waals surface area contributed by atoms with Crippen molar-refractivity contribution in [2.45, 2.75) is 25.9 Å². The summed E-state index contributed by atoms with van der Waals surface area (Å²) in [4.78, 5) is 21.2. The Labute approximate surface area is 195 Å². The second kappa shape index (κ2) is 12.5. The first-order valence-electron chi connectivity index (χ1n) is 9.92. The number of alkyl halides is 3. The number of nitrogens with zero attached hydrogens (tertiary/aromatic N) is 3. The zero-order valence-electron chi connectivity index (χ0n) is 18.1. The highest BCUT2D eigenvalue weighted by atomic mass is 19.4. The minimum Gasteiger partial charge on any atom is -0.489 e. The second-order valence-corrected chi connectivity index (χ2v) is 6.99. The molecule has 188 valence electrons. The van der Waals surface area contributed by atoms with Crippen LogP contribution in [0.25, 0.3) is 0 Å². The molecular weight excluding hydrogens is 479 g/mol. The van der Waals surface area contributed by atoms with Crippen molar-refractivity contribution in [3.63, 3.8) is 0 Å². The van der Waals surface area contributed by atoms with Crippen molar-refractivity contribution in [3.8, 4) is 5.75 Å². The third-order valence-corrected chi connectivity index (χ3v) is 4.42. The monoisotopic (exact) mass is 500 g/mol. The lowest BCUT2D eigenvalue weighted by Gasteiger charge is -2.07. The predicted molar refractivity (Wildman–Crippen MR) is 115 cm³/mol. The van der Waals surface area contributed by atoms with Gasteiger partial charge in [-0.1, -0.05) is 42.5 Å².